The predicted molar refractivity (Wildman–Crippen MR) is 61.8 cm³/mol. The summed E-state index contributed by atoms with van der Waals surface area (Å²) in [6, 6.07) is 4.71. The van der Waals surface area contributed by atoms with Crippen molar-refractivity contribution in [1.29, 1.82) is 0 Å². The van der Waals surface area contributed by atoms with Crippen LogP contribution in [0, 0.1) is 6.92 Å². The summed E-state index contributed by atoms with van der Waals surface area (Å²) in [6.07, 6.45) is 0.606. The molecule has 3 heteroatoms. The molecule has 0 aliphatic heterocycles. The van der Waals surface area contributed by atoms with Crippen molar-refractivity contribution in [3.8, 4) is 0 Å². The fourth-order valence-corrected chi connectivity index (χ4v) is 2.20. The summed E-state index contributed by atoms with van der Waals surface area (Å²) in [7, 11) is 0. The Morgan fingerprint density at radius 3 is 2.64 bits per heavy atom. The van der Waals surface area contributed by atoms with Crippen molar-refractivity contribution in [3.05, 3.63) is 21.9 Å². The van der Waals surface area contributed by atoms with Crippen LogP contribution in [-0.2, 0) is 0 Å². The van der Waals surface area contributed by atoms with E-state index in [1.165, 1.54) is 9.75 Å². The maximum Gasteiger partial charge on any atom is 0.0524 e. The highest BCUT2D eigenvalue weighted by Gasteiger charge is 2.06. The zero-order valence-corrected chi connectivity index (χ0v) is 9.90. The lowest BCUT2D eigenvalue weighted by Gasteiger charge is -2.12. The van der Waals surface area contributed by atoms with E-state index in [4.69, 9.17) is 5.11 Å². The highest BCUT2D eigenvalue weighted by atomic mass is 32.1. The number of aryl methyl sites for hydroxylation is 1. The van der Waals surface area contributed by atoms with Crippen molar-refractivity contribution in [2.45, 2.75) is 39.3 Å². The molecule has 0 aromatic carbocycles. The molecular formula is C11H19NOS. The standard InChI is InChI=1S/C11H19NOS/c1-8(13)6-7-12-10(3)11-5-4-9(2)14-11/h4-5,8,10,12-13H,6-7H2,1-3H3/t8-,10-/m1/s1. The van der Waals surface area contributed by atoms with E-state index in [0.29, 0.717) is 6.04 Å². The van der Waals surface area contributed by atoms with Crippen molar-refractivity contribution < 1.29 is 5.11 Å². The van der Waals surface area contributed by atoms with E-state index in [1.54, 1.807) is 0 Å². The van der Waals surface area contributed by atoms with E-state index in [1.807, 2.05) is 18.3 Å². The maximum absolute atomic E-state index is 9.10. The molecule has 1 rings (SSSR count). The van der Waals surface area contributed by atoms with Gasteiger partial charge < -0.3 is 10.4 Å². The summed E-state index contributed by atoms with van der Waals surface area (Å²) in [6.45, 7) is 6.97. The van der Waals surface area contributed by atoms with E-state index in [2.05, 4.69) is 31.3 Å². The molecule has 1 aromatic heterocycles. The number of hydrogen-bond donors (Lipinski definition) is 2. The zero-order chi connectivity index (χ0) is 10.6. The van der Waals surface area contributed by atoms with E-state index in [9.17, 15) is 0 Å². The number of rotatable bonds is 5. The SMILES string of the molecule is Cc1ccc([C@@H](C)NCC[C@@H](C)O)s1. The fourth-order valence-electron chi connectivity index (χ4n) is 1.30. The molecule has 0 unspecified atom stereocenters. The first-order chi connectivity index (χ1) is 6.59. The van der Waals surface area contributed by atoms with Crippen LogP contribution in [0.3, 0.4) is 0 Å². The van der Waals surface area contributed by atoms with Crippen molar-refractivity contribution in [2.24, 2.45) is 0 Å². The quantitative estimate of drug-likeness (QED) is 0.787. The lowest BCUT2D eigenvalue weighted by atomic mass is 10.2. The Balaban J connectivity index is 2.32. The molecule has 14 heavy (non-hydrogen) atoms. The van der Waals surface area contributed by atoms with Gasteiger partial charge in [-0.2, -0.15) is 0 Å². The Kier molecular flexibility index (Phi) is 4.58. The van der Waals surface area contributed by atoms with Crippen LogP contribution in [0.25, 0.3) is 0 Å². The second kappa shape index (κ2) is 5.49. The maximum atomic E-state index is 9.10. The van der Waals surface area contributed by atoms with E-state index in [0.717, 1.165) is 13.0 Å². The third-order valence-electron chi connectivity index (χ3n) is 2.20. The Bertz CT molecular complexity index is 270. The average Bonchev–Trinajstić information content (AvgIpc) is 2.51. The molecule has 0 radical (unpaired) electrons. The minimum Gasteiger partial charge on any atom is -0.393 e. The van der Waals surface area contributed by atoms with Crippen LogP contribution >= 0.6 is 11.3 Å². The highest BCUT2D eigenvalue weighted by Crippen LogP contribution is 2.21. The van der Waals surface area contributed by atoms with Gasteiger partial charge in [-0.05, 0) is 45.9 Å². The monoisotopic (exact) mass is 213 g/mol. The number of nitrogens with one attached hydrogen (secondary N) is 1. The van der Waals surface area contributed by atoms with Gasteiger partial charge in [-0.3, -0.25) is 0 Å². The normalized spacial score (nSPS) is 15.4. The molecule has 0 amide bonds. The molecule has 0 spiro atoms. The number of aliphatic hydroxyl groups excluding tert-OH is 1. The predicted octanol–water partition coefficient (Wildman–Crippen LogP) is 2.48. The smallest absolute Gasteiger partial charge is 0.0524 e. The second-order valence-corrected chi connectivity index (χ2v) is 5.08. The summed E-state index contributed by atoms with van der Waals surface area (Å²) in [5.74, 6) is 0. The molecule has 1 aromatic rings. The van der Waals surface area contributed by atoms with Crippen molar-refractivity contribution in [3.63, 3.8) is 0 Å². The van der Waals surface area contributed by atoms with Gasteiger partial charge in [-0.25, -0.2) is 0 Å². The van der Waals surface area contributed by atoms with Crippen molar-refractivity contribution in [2.75, 3.05) is 6.54 Å². The van der Waals surface area contributed by atoms with Gasteiger partial charge in [0, 0.05) is 15.8 Å². The van der Waals surface area contributed by atoms with Crippen LogP contribution in [0.15, 0.2) is 12.1 Å². The van der Waals surface area contributed by atoms with Gasteiger partial charge in [0.25, 0.3) is 0 Å². The second-order valence-electron chi connectivity index (χ2n) is 3.76. The minimum absolute atomic E-state index is 0.209. The molecule has 0 saturated heterocycles. The summed E-state index contributed by atoms with van der Waals surface area (Å²) in [5, 5.41) is 12.5. The lowest BCUT2D eigenvalue weighted by Crippen LogP contribution is -2.21. The molecule has 0 bridgehead atoms. The topological polar surface area (TPSA) is 32.3 Å². The zero-order valence-electron chi connectivity index (χ0n) is 9.08. The lowest BCUT2D eigenvalue weighted by molar-refractivity contribution is 0.182. The minimum atomic E-state index is -0.209. The molecule has 2 N–H and O–H groups in total. The van der Waals surface area contributed by atoms with Crippen molar-refractivity contribution in [1.82, 2.24) is 5.32 Å². The molecular weight excluding hydrogens is 194 g/mol. The molecule has 0 aliphatic carbocycles. The first kappa shape index (κ1) is 11.7. The Labute approximate surface area is 90.0 Å². The van der Waals surface area contributed by atoms with Crippen LogP contribution in [0.5, 0.6) is 0 Å². The van der Waals surface area contributed by atoms with E-state index in [-0.39, 0.29) is 6.10 Å². The van der Waals surface area contributed by atoms with E-state index >= 15 is 0 Å². The largest absolute Gasteiger partial charge is 0.393 e. The highest BCUT2D eigenvalue weighted by molar-refractivity contribution is 7.12. The van der Waals surface area contributed by atoms with Gasteiger partial charge in [-0.1, -0.05) is 0 Å². The Morgan fingerprint density at radius 2 is 2.14 bits per heavy atom. The number of thiophene rings is 1. The Morgan fingerprint density at radius 1 is 1.43 bits per heavy atom. The molecule has 0 saturated carbocycles. The van der Waals surface area contributed by atoms with Crippen LogP contribution in [0.4, 0.5) is 0 Å². The summed E-state index contributed by atoms with van der Waals surface area (Å²) >= 11 is 1.83. The van der Waals surface area contributed by atoms with E-state index < -0.39 is 0 Å². The van der Waals surface area contributed by atoms with Gasteiger partial charge in [0.2, 0.25) is 0 Å². The van der Waals surface area contributed by atoms with Gasteiger partial charge in [0.1, 0.15) is 0 Å². The van der Waals surface area contributed by atoms with Crippen molar-refractivity contribution >= 4 is 11.3 Å². The van der Waals surface area contributed by atoms with Gasteiger partial charge in [-0.15, -0.1) is 11.3 Å². The molecule has 1 heterocycles. The molecule has 0 fully saturated rings. The summed E-state index contributed by atoms with van der Waals surface area (Å²) in [4.78, 5) is 2.72. The van der Waals surface area contributed by atoms with Crippen LogP contribution < -0.4 is 5.32 Å². The molecule has 0 aliphatic rings. The van der Waals surface area contributed by atoms with Gasteiger partial charge >= 0.3 is 0 Å². The summed E-state index contributed by atoms with van der Waals surface area (Å²) < 4.78 is 0. The number of aliphatic hydroxyl groups is 1. The molecule has 2 nitrogen and oxygen atoms in total. The summed E-state index contributed by atoms with van der Waals surface area (Å²) in [5.41, 5.74) is 0. The van der Waals surface area contributed by atoms with Crippen LogP contribution in [0.1, 0.15) is 36.1 Å². The van der Waals surface area contributed by atoms with Crippen LogP contribution in [-0.4, -0.2) is 17.8 Å². The first-order valence-electron chi connectivity index (χ1n) is 5.07. The van der Waals surface area contributed by atoms with Gasteiger partial charge in [0.15, 0.2) is 0 Å². The first-order valence-corrected chi connectivity index (χ1v) is 5.89. The van der Waals surface area contributed by atoms with Crippen LogP contribution in [0.2, 0.25) is 0 Å². The van der Waals surface area contributed by atoms with Gasteiger partial charge in [0.05, 0.1) is 6.10 Å². The third-order valence-corrected chi connectivity index (χ3v) is 3.38. The average molecular weight is 213 g/mol. The Hall–Kier alpha value is -0.380. The third kappa shape index (κ3) is 3.78. The number of hydrogen-bond acceptors (Lipinski definition) is 3. The molecule has 80 valence electrons. The fraction of sp³-hybridized carbons (Fsp3) is 0.636. The molecule has 2 atom stereocenters.